The van der Waals surface area contributed by atoms with E-state index in [1.165, 1.54) is 6.07 Å². The number of benzene rings is 1. The van der Waals surface area contributed by atoms with Crippen LogP contribution in [0.5, 0.6) is 5.75 Å². The number of hydrogen-bond acceptors (Lipinski definition) is 3. The van der Waals surface area contributed by atoms with Crippen LogP contribution in [0.15, 0.2) is 18.2 Å². The van der Waals surface area contributed by atoms with Crippen LogP contribution in [-0.4, -0.2) is 17.7 Å². The molecule has 0 fully saturated rings. The highest BCUT2D eigenvalue weighted by atomic mass is 35.5. The number of nitrogens with zero attached hydrogens (tertiary/aromatic N) is 1. The van der Waals surface area contributed by atoms with Crippen LogP contribution in [0, 0.1) is 11.3 Å². The predicted octanol–water partition coefficient (Wildman–Crippen LogP) is 3.11. The number of halogens is 1. The monoisotopic (exact) mass is 253 g/mol. The number of ether oxygens (including phenoxy) is 1. The molecule has 0 aromatic heterocycles. The first-order valence-corrected chi connectivity index (χ1v) is 5.56. The van der Waals surface area contributed by atoms with Gasteiger partial charge in [0.25, 0.3) is 0 Å². The third-order valence-electron chi connectivity index (χ3n) is 2.13. The van der Waals surface area contributed by atoms with Crippen molar-refractivity contribution in [2.75, 3.05) is 6.61 Å². The Bertz CT molecular complexity index is 440. The number of para-hydroxylation sites is 1. The maximum atomic E-state index is 10.9. The van der Waals surface area contributed by atoms with Crippen molar-refractivity contribution in [1.82, 2.24) is 0 Å². The van der Waals surface area contributed by atoms with E-state index in [4.69, 9.17) is 26.7 Å². The molecule has 90 valence electrons. The molecule has 0 amide bonds. The number of hydrogen-bond donors (Lipinski definition) is 1. The van der Waals surface area contributed by atoms with Gasteiger partial charge >= 0.3 is 5.97 Å². The van der Waals surface area contributed by atoms with E-state index < -0.39 is 5.97 Å². The SMILES string of the molecule is N#CCCCCOc1c(Cl)cccc1C(=O)O. The summed E-state index contributed by atoms with van der Waals surface area (Å²) in [5, 5.41) is 17.6. The quantitative estimate of drug-likeness (QED) is 0.791. The summed E-state index contributed by atoms with van der Waals surface area (Å²) in [7, 11) is 0. The van der Waals surface area contributed by atoms with E-state index in [1.807, 2.05) is 6.07 Å². The van der Waals surface area contributed by atoms with E-state index in [1.54, 1.807) is 12.1 Å². The van der Waals surface area contributed by atoms with Gasteiger partial charge < -0.3 is 9.84 Å². The van der Waals surface area contributed by atoms with E-state index in [-0.39, 0.29) is 16.3 Å². The van der Waals surface area contributed by atoms with E-state index in [2.05, 4.69) is 0 Å². The van der Waals surface area contributed by atoms with Gasteiger partial charge in [-0.3, -0.25) is 0 Å². The van der Waals surface area contributed by atoms with Crippen LogP contribution in [0.4, 0.5) is 0 Å². The molecule has 0 saturated heterocycles. The summed E-state index contributed by atoms with van der Waals surface area (Å²) in [5.41, 5.74) is 0.0535. The van der Waals surface area contributed by atoms with Gasteiger partial charge in [-0.2, -0.15) is 5.26 Å². The minimum Gasteiger partial charge on any atom is -0.491 e. The second-order valence-electron chi connectivity index (χ2n) is 3.39. The van der Waals surface area contributed by atoms with Gasteiger partial charge in [-0.25, -0.2) is 4.79 Å². The van der Waals surface area contributed by atoms with Crippen LogP contribution in [0.25, 0.3) is 0 Å². The lowest BCUT2D eigenvalue weighted by Crippen LogP contribution is -2.05. The molecule has 0 atom stereocenters. The van der Waals surface area contributed by atoms with Crippen molar-refractivity contribution in [2.24, 2.45) is 0 Å². The Labute approximate surface area is 104 Å². The summed E-state index contributed by atoms with van der Waals surface area (Å²) >= 11 is 5.87. The fraction of sp³-hybridized carbons (Fsp3) is 0.333. The zero-order valence-electron chi connectivity index (χ0n) is 9.15. The molecule has 4 nitrogen and oxygen atoms in total. The highest BCUT2D eigenvalue weighted by molar-refractivity contribution is 6.32. The summed E-state index contributed by atoms with van der Waals surface area (Å²) in [6.07, 6.45) is 1.89. The third-order valence-corrected chi connectivity index (χ3v) is 2.42. The van der Waals surface area contributed by atoms with Crippen molar-refractivity contribution in [3.63, 3.8) is 0 Å². The zero-order chi connectivity index (χ0) is 12.7. The van der Waals surface area contributed by atoms with Crippen LogP contribution < -0.4 is 4.74 Å². The molecular weight excluding hydrogens is 242 g/mol. The molecule has 0 saturated carbocycles. The molecular formula is C12H12ClNO3. The van der Waals surface area contributed by atoms with Crippen molar-refractivity contribution in [1.29, 1.82) is 5.26 Å². The summed E-state index contributed by atoms with van der Waals surface area (Å²) in [4.78, 5) is 10.9. The van der Waals surface area contributed by atoms with Gasteiger partial charge in [0.2, 0.25) is 0 Å². The maximum Gasteiger partial charge on any atom is 0.339 e. The second-order valence-corrected chi connectivity index (χ2v) is 3.79. The van der Waals surface area contributed by atoms with Gasteiger partial charge in [0.05, 0.1) is 17.7 Å². The zero-order valence-corrected chi connectivity index (χ0v) is 9.91. The van der Waals surface area contributed by atoms with Crippen LogP contribution in [0.3, 0.4) is 0 Å². The number of aromatic carboxylic acids is 1. The minimum absolute atomic E-state index is 0.0535. The first-order valence-electron chi connectivity index (χ1n) is 5.18. The first kappa shape index (κ1) is 13.3. The molecule has 0 bridgehead atoms. The molecule has 1 aromatic carbocycles. The first-order chi connectivity index (χ1) is 8.16. The van der Waals surface area contributed by atoms with Crippen molar-refractivity contribution >= 4 is 17.6 Å². The molecule has 5 heteroatoms. The molecule has 0 unspecified atom stereocenters. The van der Waals surface area contributed by atoms with Gasteiger partial charge in [-0.05, 0) is 25.0 Å². The largest absolute Gasteiger partial charge is 0.491 e. The standard InChI is InChI=1S/C12H12ClNO3/c13-10-6-4-5-9(12(15)16)11(10)17-8-3-1-2-7-14/h4-6H,1-3,8H2,(H,15,16). The Morgan fingerprint density at radius 3 is 2.88 bits per heavy atom. The summed E-state index contributed by atoms with van der Waals surface area (Å²) < 4.78 is 5.35. The maximum absolute atomic E-state index is 10.9. The summed E-state index contributed by atoms with van der Waals surface area (Å²) in [6.45, 7) is 0.353. The van der Waals surface area contributed by atoms with Crippen molar-refractivity contribution < 1.29 is 14.6 Å². The third kappa shape index (κ3) is 3.97. The topological polar surface area (TPSA) is 70.3 Å². The average Bonchev–Trinajstić information content (AvgIpc) is 2.30. The van der Waals surface area contributed by atoms with Crippen LogP contribution >= 0.6 is 11.6 Å². The molecule has 0 aliphatic rings. The molecule has 1 rings (SSSR count). The molecule has 0 spiro atoms. The number of unbranched alkanes of at least 4 members (excludes halogenated alkanes) is 2. The molecule has 0 aliphatic heterocycles. The fourth-order valence-electron chi connectivity index (χ4n) is 1.30. The number of nitriles is 1. The molecule has 17 heavy (non-hydrogen) atoms. The second kappa shape index (κ2) is 6.77. The molecule has 0 radical (unpaired) electrons. The number of carbonyl (C=O) groups is 1. The lowest BCUT2D eigenvalue weighted by Gasteiger charge is -2.10. The van der Waals surface area contributed by atoms with Gasteiger partial charge in [-0.15, -0.1) is 0 Å². The van der Waals surface area contributed by atoms with Gasteiger partial charge in [0.1, 0.15) is 5.56 Å². The Morgan fingerprint density at radius 1 is 1.47 bits per heavy atom. The van der Waals surface area contributed by atoms with Crippen molar-refractivity contribution in [3.05, 3.63) is 28.8 Å². The molecule has 1 aromatic rings. The average molecular weight is 254 g/mol. The van der Waals surface area contributed by atoms with E-state index in [9.17, 15) is 4.79 Å². The van der Waals surface area contributed by atoms with E-state index >= 15 is 0 Å². The van der Waals surface area contributed by atoms with Crippen LogP contribution in [-0.2, 0) is 0 Å². The Balaban J connectivity index is 2.63. The Morgan fingerprint density at radius 2 is 2.24 bits per heavy atom. The smallest absolute Gasteiger partial charge is 0.339 e. The van der Waals surface area contributed by atoms with Gasteiger partial charge in [0, 0.05) is 6.42 Å². The lowest BCUT2D eigenvalue weighted by molar-refractivity contribution is 0.0692. The number of carboxylic acids is 1. The normalized spacial score (nSPS) is 9.65. The lowest BCUT2D eigenvalue weighted by atomic mass is 10.2. The molecule has 1 N–H and O–H groups in total. The van der Waals surface area contributed by atoms with Crippen molar-refractivity contribution in [2.45, 2.75) is 19.3 Å². The van der Waals surface area contributed by atoms with E-state index in [0.29, 0.717) is 19.4 Å². The highest BCUT2D eigenvalue weighted by Gasteiger charge is 2.14. The Kier molecular flexibility index (Phi) is 5.31. The number of carboxylic acid groups (broad SMARTS) is 1. The molecule has 0 heterocycles. The van der Waals surface area contributed by atoms with Crippen LogP contribution in [0.2, 0.25) is 5.02 Å². The van der Waals surface area contributed by atoms with Gasteiger partial charge in [-0.1, -0.05) is 17.7 Å². The fourth-order valence-corrected chi connectivity index (χ4v) is 1.53. The van der Waals surface area contributed by atoms with Crippen LogP contribution in [0.1, 0.15) is 29.6 Å². The predicted molar refractivity (Wildman–Crippen MR) is 63.4 cm³/mol. The number of rotatable bonds is 6. The highest BCUT2D eigenvalue weighted by Crippen LogP contribution is 2.28. The van der Waals surface area contributed by atoms with Crippen molar-refractivity contribution in [3.8, 4) is 11.8 Å². The Hall–Kier alpha value is -1.73. The minimum atomic E-state index is -1.07. The summed E-state index contributed by atoms with van der Waals surface area (Å²) in [5.74, 6) is -0.877. The molecule has 0 aliphatic carbocycles. The van der Waals surface area contributed by atoms with E-state index in [0.717, 1.165) is 6.42 Å². The summed E-state index contributed by atoms with van der Waals surface area (Å²) in [6, 6.07) is 6.62. The van der Waals surface area contributed by atoms with Gasteiger partial charge in [0.15, 0.2) is 5.75 Å².